The summed E-state index contributed by atoms with van der Waals surface area (Å²) in [6.07, 6.45) is 3.64. The van der Waals surface area contributed by atoms with Gasteiger partial charge in [-0.25, -0.2) is 9.79 Å². The summed E-state index contributed by atoms with van der Waals surface area (Å²) in [7, 11) is 1.55. The lowest BCUT2D eigenvalue weighted by Crippen LogP contribution is -2.40. The predicted molar refractivity (Wildman–Crippen MR) is 152 cm³/mol. The molecule has 0 radical (unpaired) electrons. The van der Waals surface area contributed by atoms with Gasteiger partial charge in [-0.3, -0.25) is 14.2 Å². The van der Waals surface area contributed by atoms with Crippen LogP contribution in [-0.2, 0) is 25.6 Å². The fourth-order valence-corrected chi connectivity index (χ4v) is 6.02. The van der Waals surface area contributed by atoms with E-state index >= 15 is 0 Å². The van der Waals surface area contributed by atoms with E-state index in [4.69, 9.17) is 14.2 Å². The molecule has 0 N–H and O–H groups in total. The molecule has 0 amide bonds. The molecule has 0 spiro atoms. The van der Waals surface area contributed by atoms with Crippen molar-refractivity contribution < 1.29 is 23.8 Å². The number of allylic oxidation sites excluding steroid dienone is 1. The summed E-state index contributed by atoms with van der Waals surface area (Å²) in [6.45, 7) is 5.79. The molecule has 10 heteroatoms. The van der Waals surface area contributed by atoms with Crippen molar-refractivity contribution in [3.05, 3.63) is 96.8 Å². The molecule has 0 aliphatic carbocycles. The fraction of sp³-hybridized carbons (Fsp3) is 0.267. The molecule has 1 aliphatic rings. The van der Waals surface area contributed by atoms with Gasteiger partial charge >= 0.3 is 11.9 Å². The molecule has 0 unspecified atom stereocenters. The van der Waals surface area contributed by atoms with E-state index in [1.807, 2.05) is 53.2 Å². The SMILES string of the molecule is CCOC(=O)Cn1cc(/C=c2\sc3n(c2=O)[C@H](c2ccccc2OC)C(C(=O)OCC)=C(C)N=3)c2ccccc21. The number of thiazole rings is 1. The quantitative estimate of drug-likeness (QED) is 0.307. The zero-order valence-corrected chi connectivity index (χ0v) is 23.5. The Kier molecular flexibility index (Phi) is 7.70. The maximum atomic E-state index is 14.0. The third-order valence-electron chi connectivity index (χ3n) is 6.66. The summed E-state index contributed by atoms with van der Waals surface area (Å²) in [6, 6.07) is 14.2. The number of nitrogens with zero attached hydrogens (tertiary/aromatic N) is 3. The van der Waals surface area contributed by atoms with Gasteiger partial charge in [0.25, 0.3) is 5.56 Å². The molecule has 2 aromatic carbocycles. The van der Waals surface area contributed by atoms with E-state index in [1.54, 1.807) is 40.0 Å². The Morgan fingerprint density at radius 3 is 2.52 bits per heavy atom. The second-order valence-corrected chi connectivity index (χ2v) is 10.1. The average Bonchev–Trinajstić information content (AvgIpc) is 3.44. The van der Waals surface area contributed by atoms with E-state index in [9.17, 15) is 14.4 Å². The maximum Gasteiger partial charge on any atom is 0.338 e. The first-order valence-corrected chi connectivity index (χ1v) is 13.8. The lowest BCUT2D eigenvalue weighted by atomic mass is 9.95. The van der Waals surface area contributed by atoms with E-state index in [0.717, 1.165) is 16.5 Å². The molecule has 0 bridgehead atoms. The summed E-state index contributed by atoms with van der Waals surface area (Å²) in [4.78, 5) is 44.5. The van der Waals surface area contributed by atoms with Gasteiger partial charge in [0.15, 0.2) is 4.80 Å². The Labute approximate surface area is 234 Å². The standard InChI is InChI=1S/C30H29N3O6S/c1-5-38-25(34)17-32-16-19(20-11-7-9-13-22(20)32)15-24-28(35)33-27(21-12-8-10-14-23(21)37-4)26(29(36)39-6-2)18(3)31-30(33)40-24/h7-16,27H,5-6,17H2,1-4H3/b24-15-/t27-/m1/s1. The normalized spacial score (nSPS) is 15.1. The molecular formula is C30H29N3O6S. The number of ether oxygens (including phenoxy) is 3. The second-order valence-electron chi connectivity index (χ2n) is 9.08. The van der Waals surface area contributed by atoms with Crippen molar-refractivity contribution in [1.29, 1.82) is 0 Å². The number of benzene rings is 2. The number of hydrogen-bond acceptors (Lipinski definition) is 8. The second kappa shape index (κ2) is 11.4. The Bertz CT molecular complexity index is 1830. The molecule has 40 heavy (non-hydrogen) atoms. The number of carbonyl (C=O) groups is 2. The molecule has 2 aromatic heterocycles. The fourth-order valence-electron chi connectivity index (χ4n) is 4.99. The summed E-state index contributed by atoms with van der Waals surface area (Å²) >= 11 is 1.24. The van der Waals surface area contributed by atoms with Crippen LogP contribution in [-0.4, -0.2) is 41.4 Å². The highest BCUT2D eigenvalue weighted by molar-refractivity contribution is 7.07. The number of hydrogen-bond donors (Lipinski definition) is 0. The van der Waals surface area contributed by atoms with Gasteiger partial charge in [0.05, 0.1) is 36.1 Å². The largest absolute Gasteiger partial charge is 0.496 e. The summed E-state index contributed by atoms with van der Waals surface area (Å²) < 4.78 is 19.9. The van der Waals surface area contributed by atoms with E-state index < -0.39 is 12.0 Å². The van der Waals surface area contributed by atoms with Crippen LogP contribution in [0.4, 0.5) is 0 Å². The molecule has 0 saturated carbocycles. The van der Waals surface area contributed by atoms with Crippen LogP contribution in [0.3, 0.4) is 0 Å². The summed E-state index contributed by atoms with van der Waals surface area (Å²) in [5.74, 6) is -0.329. The minimum absolute atomic E-state index is 0.0549. The molecule has 5 rings (SSSR count). The third-order valence-corrected chi connectivity index (χ3v) is 7.64. The molecule has 1 aliphatic heterocycles. The van der Waals surface area contributed by atoms with Gasteiger partial charge in [-0.1, -0.05) is 47.7 Å². The highest BCUT2D eigenvalue weighted by Gasteiger charge is 2.35. The van der Waals surface area contributed by atoms with Crippen LogP contribution >= 0.6 is 11.3 Å². The zero-order valence-electron chi connectivity index (χ0n) is 22.7. The van der Waals surface area contributed by atoms with Crippen LogP contribution in [0, 0.1) is 0 Å². The van der Waals surface area contributed by atoms with Gasteiger partial charge in [-0.2, -0.15) is 0 Å². The van der Waals surface area contributed by atoms with Gasteiger partial charge in [0.1, 0.15) is 18.3 Å². The van der Waals surface area contributed by atoms with Crippen molar-refractivity contribution in [2.45, 2.75) is 33.4 Å². The lowest BCUT2D eigenvalue weighted by Gasteiger charge is -2.25. The van der Waals surface area contributed by atoms with Crippen molar-refractivity contribution in [3.63, 3.8) is 0 Å². The van der Waals surface area contributed by atoms with E-state index in [-0.39, 0.29) is 30.3 Å². The van der Waals surface area contributed by atoms with Gasteiger partial charge < -0.3 is 18.8 Å². The van der Waals surface area contributed by atoms with Gasteiger partial charge in [-0.15, -0.1) is 0 Å². The molecule has 206 valence electrons. The first-order valence-electron chi connectivity index (χ1n) is 12.9. The van der Waals surface area contributed by atoms with Crippen LogP contribution in [0.5, 0.6) is 5.75 Å². The number of fused-ring (bicyclic) bond motifs is 2. The number of rotatable bonds is 8. The number of methoxy groups -OCH3 is 1. The number of para-hydroxylation sites is 2. The van der Waals surface area contributed by atoms with Crippen LogP contribution in [0.1, 0.15) is 37.9 Å². The van der Waals surface area contributed by atoms with Crippen molar-refractivity contribution in [3.8, 4) is 5.75 Å². The van der Waals surface area contributed by atoms with E-state index in [1.165, 1.54) is 15.9 Å². The predicted octanol–water partition coefficient (Wildman–Crippen LogP) is 3.32. The van der Waals surface area contributed by atoms with Crippen LogP contribution in [0.15, 0.2) is 75.8 Å². The minimum atomic E-state index is -0.779. The Hall–Kier alpha value is -4.44. The topological polar surface area (TPSA) is 101 Å². The third kappa shape index (κ3) is 4.86. The van der Waals surface area contributed by atoms with Crippen LogP contribution in [0.25, 0.3) is 17.0 Å². The molecule has 1 atom stereocenters. The molecule has 0 saturated heterocycles. The summed E-state index contributed by atoms with van der Waals surface area (Å²) in [5, 5.41) is 0.891. The van der Waals surface area contributed by atoms with Gasteiger partial charge in [-0.05, 0) is 39.0 Å². The van der Waals surface area contributed by atoms with Crippen molar-refractivity contribution in [2.75, 3.05) is 20.3 Å². The number of aromatic nitrogens is 2. The highest BCUT2D eigenvalue weighted by atomic mass is 32.1. The molecule has 0 fully saturated rings. The van der Waals surface area contributed by atoms with Gasteiger partial charge in [0.2, 0.25) is 0 Å². The first-order chi connectivity index (χ1) is 19.4. The number of carbonyl (C=O) groups excluding carboxylic acids is 2. The highest BCUT2D eigenvalue weighted by Crippen LogP contribution is 2.35. The zero-order chi connectivity index (χ0) is 28.4. The molecule has 4 aromatic rings. The Morgan fingerprint density at radius 2 is 1.77 bits per heavy atom. The monoisotopic (exact) mass is 559 g/mol. The molecule has 3 heterocycles. The Balaban J connectivity index is 1.71. The van der Waals surface area contributed by atoms with Crippen molar-refractivity contribution in [2.24, 2.45) is 4.99 Å². The van der Waals surface area contributed by atoms with E-state index in [2.05, 4.69) is 4.99 Å². The van der Waals surface area contributed by atoms with Crippen molar-refractivity contribution in [1.82, 2.24) is 9.13 Å². The smallest absolute Gasteiger partial charge is 0.338 e. The van der Waals surface area contributed by atoms with Crippen molar-refractivity contribution >= 4 is 40.3 Å². The molecule has 9 nitrogen and oxygen atoms in total. The first kappa shape index (κ1) is 27.1. The maximum absolute atomic E-state index is 14.0. The minimum Gasteiger partial charge on any atom is -0.496 e. The number of esters is 2. The Morgan fingerprint density at radius 1 is 1.05 bits per heavy atom. The van der Waals surface area contributed by atoms with Crippen LogP contribution < -0.4 is 19.6 Å². The lowest BCUT2D eigenvalue weighted by molar-refractivity contribution is -0.143. The summed E-state index contributed by atoms with van der Waals surface area (Å²) in [5.41, 5.74) is 2.75. The van der Waals surface area contributed by atoms with Gasteiger partial charge in [0, 0.05) is 28.2 Å². The van der Waals surface area contributed by atoms with E-state index in [0.29, 0.717) is 33.0 Å². The average molecular weight is 560 g/mol. The molecular weight excluding hydrogens is 530 g/mol. The van der Waals surface area contributed by atoms with Crippen LogP contribution in [0.2, 0.25) is 0 Å².